The fourth-order valence-corrected chi connectivity index (χ4v) is 4.77. The number of hydrogen-bond donors (Lipinski definition) is 0. The first-order chi connectivity index (χ1) is 12.3. The molecule has 2 heterocycles. The van der Waals surface area contributed by atoms with Crippen molar-refractivity contribution in [2.45, 2.75) is 26.3 Å². The molecule has 1 aromatic carbocycles. The summed E-state index contributed by atoms with van der Waals surface area (Å²) < 4.78 is 25.0. The average Bonchev–Trinajstić information content (AvgIpc) is 2.63. The lowest BCUT2D eigenvalue weighted by atomic mass is 9.97. The predicted molar refractivity (Wildman–Crippen MR) is 102 cm³/mol. The molecule has 3 rings (SSSR count). The van der Waals surface area contributed by atoms with Crippen molar-refractivity contribution < 1.29 is 13.2 Å². The molecule has 1 unspecified atom stereocenters. The summed E-state index contributed by atoms with van der Waals surface area (Å²) in [6.45, 7) is 7.09. The Morgan fingerprint density at radius 1 is 1.12 bits per heavy atom. The molecule has 2 saturated heterocycles. The number of aryl methyl sites for hydroxylation is 1. The molecule has 144 valence electrons. The van der Waals surface area contributed by atoms with E-state index >= 15 is 0 Å². The first-order valence-corrected chi connectivity index (χ1v) is 11.2. The first-order valence-electron chi connectivity index (χ1n) is 9.35. The normalized spacial score (nSPS) is 23.2. The van der Waals surface area contributed by atoms with Crippen LogP contribution in [0, 0.1) is 12.8 Å². The third-order valence-corrected chi connectivity index (χ3v) is 6.81. The van der Waals surface area contributed by atoms with Crippen molar-refractivity contribution in [2.75, 3.05) is 45.5 Å². The molecule has 0 bridgehead atoms. The Labute approximate surface area is 156 Å². The van der Waals surface area contributed by atoms with Crippen LogP contribution in [0.1, 0.15) is 24.0 Å². The van der Waals surface area contributed by atoms with Gasteiger partial charge in [-0.25, -0.2) is 12.7 Å². The maximum absolute atomic E-state index is 12.8. The Morgan fingerprint density at radius 3 is 2.46 bits per heavy atom. The minimum atomic E-state index is -3.22. The zero-order valence-corrected chi connectivity index (χ0v) is 16.5. The summed E-state index contributed by atoms with van der Waals surface area (Å²) in [6.07, 6.45) is 2.77. The molecule has 0 spiro atoms. The lowest BCUT2D eigenvalue weighted by Gasteiger charge is -2.38. The number of rotatable bonds is 4. The molecule has 1 amide bonds. The SMILES string of the molecule is Cc1ccccc1CN1CCN(C(=O)C2CCCN(S(C)(=O)=O)C2)CC1. The van der Waals surface area contributed by atoms with Gasteiger partial charge in [-0.1, -0.05) is 24.3 Å². The summed E-state index contributed by atoms with van der Waals surface area (Å²) >= 11 is 0. The molecule has 6 nitrogen and oxygen atoms in total. The van der Waals surface area contributed by atoms with Gasteiger partial charge >= 0.3 is 0 Å². The number of sulfonamides is 1. The van der Waals surface area contributed by atoms with Gasteiger partial charge < -0.3 is 4.90 Å². The van der Waals surface area contributed by atoms with Crippen LogP contribution in [0.2, 0.25) is 0 Å². The van der Waals surface area contributed by atoms with E-state index in [4.69, 9.17) is 0 Å². The lowest BCUT2D eigenvalue weighted by Crippen LogP contribution is -2.52. The first kappa shape index (κ1) is 19.3. The van der Waals surface area contributed by atoms with Gasteiger partial charge in [0.05, 0.1) is 12.2 Å². The molecule has 2 aliphatic rings. The second-order valence-electron chi connectivity index (χ2n) is 7.49. The van der Waals surface area contributed by atoms with E-state index in [0.717, 1.165) is 45.6 Å². The highest BCUT2D eigenvalue weighted by Gasteiger charge is 2.33. The van der Waals surface area contributed by atoms with E-state index in [1.54, 1.807) is 0 Å². The molecule has 0 aromatic heterocycles. The van der Waals surface area contributed by atoms with E-state index < -0.39 is 10.0 Å². The van der Waals surface area contributed by atoms with Crippen molar-refractivity contribution in [3.05, 3.63) is 35.4 Å². The van der Waals surface area contributed by atoms with Gasteiger partial charge in [-0.2, -0.15) is 0 Å². The highest BCUT2D eigenvalue weighted by molar-refractivity contribution is 7.88. The van der Waals surface area contributed by atoms with Crippen LogP contribution in [0.15, 0.2) is 24.3 Å². The van der Waals surface area contributed by atoms with E-state index in [1.807, 2.05) is 4.90 Å². The number of piperidine rings is 1. The monoisotopic (exact) mass is 379 g/mol. The Bertz CT molecular complexity index is 742. The molecule has 0 saturated carbocycles. The number of benzene rings is 1. The molecule has 2 aliphatic heterocycles. The molecule has 1 aromatic rings. The minimum absolute atomic E-state index is 0.119. The van der Waals surface area contributed by atoms with Crippen LogP contribution in [0.3, 0.4) is 0 Å². The van der Waals surface area contributed by atoms with Gasteiger partial charge in [-0.05, 0) is 30.9 Å². The summed E-state index contributed by atoms with van der Waals surface area (Å²) in [7, 11) is -3.22. The van der Waals surface area contributed by atoms with Gasteiger partial charge in [0.2, 0.25) is 15.9 Å². The molecule has 1 atom stereocenters. The van der Waals surface area contributed by atoms with E-state index in [2.05, 4.69) is 36.1 Å². The average molecular weight is 380 g/mol. The van der Waals surface area contributed by atoms with Crippen molar-refractivity contribution in [2.24, 2.45) is 5.92 Å². The maximum Gasteiger partial charge on any atom is 0.227 e. The van der Waals surface area contributed by atoms with Crippen molar-refractivity contribution in [3.63, 3.8) is 0 Å². The number of carbonyl (C=O) groups excluding carboxylic acids is 1. The lowest BCUT2D eigenvalue weighted by molar-refractivity contribution is -0.138. The zero-order chi connectivity index (χ0) is 18.7. The molecular weight excluding hydrogens is 350 g/mol. The molecule has 26 heavy (non-hydrogen) atoms. The standard InChI is InChI=1S/C19H29N3O3S/c1-16-6-3-4-7-17(16)14-20-10-12-21(13-11-20)19(23)18-8-5-9-22(15-18)26(2,24)25/h3-4,6-7,18H,5,8-15H2,1-2H3. The number of hydrogen-bond acceptors (Lipinski definition) is 4. The number of piperazine rings is 1. The highest BCUT2D eigenvalue weighted by atomic mass is 32.2. The topological polar surface area (TPSA) is 60.9 Å². The third kappa shape index (κ3) is 4.64. The maximum atomic E-state index is 12.8. The van der Waals surface area contributed by atoms with E-state index in [0.29, 0.717) is 13.1 Å². The Hall–Kier alpha value is -1.44. The van der Waals surface area contributed by atoms with Gasteiger partial charge in [0.1, 0.15) is 0 Å². The van der Waals surface area contributed by atoms with Crippen molar-refractivity contribution >= 4 is 15.9 Å². The van der Waals surface area contributed by atoms with Crippen LogP contribution in [0.5, 0.6) is 0 Å². The third-order valence-electron chi connectivity index (χ3n) is 5.54. The van der Waals surface area contributed by atoms with Crippen LogP contribution < -0.4 is 0 Å². The summed E-state index contributed by atoms with van der Waals surface area (Å²) in [5, 5.41) is 0. The Kier molecular flexibility index (Phi) is 5.99. The zero-order valence-electron chi connectivity index (χ0n) is 15.7. The number of carbonyl (C=O) groups is 1. The highest BCUT2D eigenvalue weighted by Crippen LogP contribution is 2.22. The van der Waals surface area contributed by atoms with Crippen LogP contribution in [0.25, 0.3) is 0 Å². The van der Waals surface area contributed by atoms with Gasteiger partial charge in [0.25, 0.3) is 0 Å². The van der Waals surface area contributed by atoms with E-state index in [-0.39, 0.29) is 11.8 Å². The Balaban J connectivity index is 1.53. The van der Waals surface area contributed by atoms with Gasteiger partial charge in [-0.3, -0.25) is 9.69 Å². The summed E-state index contributed by atoms with van der Waals surface area (Å²) in [6, 6.07) is 8.42. The second kappa shape index (κ2) is 8.06. The molecular formula is C19H29N3O3S. The quantitative estimate of drug-likeness (QED) is 0.791. The van der Waals surface area contributed by atoms with Gasteiger partial charge in [0, 0.05) is 45.8 Å². The largest absolute Gasteiger partial charge is 0.340 e. The van der Waals surface area contributed by atoms with E-state index in [9.17, 15) is 13.2 Å². The summed E-state index contributed by atoms with van der Waals surface area (Å²) in [5.41, 5.74) is 2.64. The van der Waals surface area contributed by atoms with Crippen LogP contribution in [-0.4, -0.2) is 74.0 Å². The molecule has 0 radical (unpaired) electrons. The number of amides is 1. The summed E-state index contributed by atoms with van der Waals surface area (Å²) in [4.78, 5) is 17.1. The molecule has 7 heteroatoms. The van der Waals surface area contributed by atoms with Gasteiger partial charge in [-0.15, -0.1) is 0 Å². The predicted octanol–water partition coefficient (Wildman–Crippen LogP) is 1.31. The molecule has 0 aliphatic carbocycles. The molecule has 0 N–H and O–H groups in total. The van der Waals surface area contributed by atoms with Crippen LogP contribution >= 0.6 is 0 Å². The van der Waals surface area contributed by atoms with Crippen molar-refractivity contribution in [1.29, 1.82) is 0 Å². The Morgan fingerprint density at radius 2 is 1.81 bits per heavy atom. The van der Waals surface area contributed by atoms with E-state index in [1.165, 1.54) is 21.7 Å². The fraction of sp³-hybridized carbons (Fsp3) is 0.632. The smallest absolute Gasteiger partial charge is 0.227 e. The van der Waals surface area contributed by atoms with Crippen molar-refractivity contribution in [1.82, 2.24) is 14.1 Å². The summed E-state index contributed by atoms with van der Waals surface area (Å²) in [5.74, 6) is -0.0738. The fourth-order valence-electron chi connectivity index (χ4n) is 3.86. The molecule has 2 fully saturated rings. The minimum Gasteiger partial charge on any atom is -0.340 e. The second-order valence-corrected chi connectivity index (χ2v) is 9.47. The van der Waals surface area contributed by atoms with Crippen LogP contribution in [0.4, 0.5) is 0 Å². The van der Waals surface area contributed by atoms with Crippen molar-refractivity contribution in [3.8, 4) is 0 Å². The number of nitrogens with zero attached hydrogens (tertiary/aromatic N) is 3. The van der Waals surface area contributed by atoms with Gasteiger partial charge in [0.15, 0.2) is 0 Å². The van der Waals surface area contributed by atoms with Crippen LogP contribution in [-0.2, 0) is 21.4 Å².